The van der Waals surface area contributed by atoms with Crippen LogP contribution in [0.25, 0.3) is 0 Å². The number of hydrogen-bond acceptors (Lipinski definition) is 6. The molecule has 1 aliphatic heterocycles. The third kappa shape index (κ3) is 3.18. The molecule has 0 bridgehead atoms. The Morgan fingerprint density at radius 3 is 2.38 bits per heavy atom. The molecule has 6 nitrogen and oxygen atoms in total. The van der Waals surface area contributed by atoms with Gasteiger partial charge in [-0.1, -0.05) is 6.07 Å². The van der Waals surface area contributed by atoms with Crippen LogP contribution in [0.15, 0.2) is 30.3 Å². The Bertz CT molecular complexity index is 803. The lowest BCUT2D eigenvalue weighted by Gasteiger charge is -2.38. The molecule has 0 saturated carbocycles. The van der Waals surface area contributed by atoms with Gasteiger partial charge in [0.25, 0.3) is 0 Å². The monoisotopic (exact) mass is 360 g/mol. The van der Waals surface area contributed by atoms with Crippen LogP contribution < -0.4 is 18.9 Å². The minimum Gasteiger partial charge on any atom is -0.496 e. The number of fused-ring (bicyclic) bond motifs is 1. The first kappa shape index (κ1) is 18.4. The largest absolute Gasteiger partial charge is 0.496 e. The summed E-state index contributed by atoms with van der Waals surface area (Å²) in [6.07, 6.45) is -0.872. The summed E-state index contributed by atoms with van der Waals surface area (Å²) >= 11 is 0. The van der Waals surface area contributed by atoms with Crippen LogP contribution in [0.1, 0.15) is 22.8 Å². The Morgan fingerprint density at radius 1 is 1.04 bits per heavy atom. The summed E-state index contributed by atoms with van der Waals surface area (Å²) in [6.45, 7) is 1.86. The highest BCUT2D eigenvalue weighted by Crippen LogP contribution is 2.42. The molecule has 0 fully saturated rings. The van der Waals surface area contributed by atoms with Crippen LogP contribution in [0.2, 0.25) is 0 Å². The second-order valence-electron chi connectivity index (χ2n) is 6.52. The Morgan fingerprint density at radius 2 is 1.73 bits per heavy atom. The molecule has 0 radical (unpaired) electrons. The molecular formula is C20H24O6. The smallest absolute Gasteiger partial charge is 0.160 e. The lowest BCUT2D eigenvalue weighted by atomic mass is 9.83. The Kier molecular flexibility index (Phi) is 4.98. The predicted molar refractivity (Wildman–Crippen MR) is 96.4 cm³/mol. The van der Waals surface area contributed by atoms with E-state index in [0.29, 0.717) is 28.6 Å². The van der Waals surface area contributed by atoms with Crippen molar-refractivity contribution in [3.8, 4) is 23.0 Å². The number of aryl methyl sites for hydroxylation is 1. The second kappa shape index (κ2) is 7.05. The molecular weight excluding hydrogens is 336 g/mol. The summed E-state index contributed by atoms with van der Waals surface area (Å²) in [5.74, 6) is 2.38. The topological polar surface area (TPSA) is 77.4 Å². The van der Waals surface area contributed by atoms with Gasteiger partial charge in [-0.25, -0.2) is 0 Å². The Labute approximate surface area is 152 Å². The van der Waals surface area contributed by atoms with E-state index >= 15 is 0 Å². The van der Waals surface area contributed by atoms with Gasteiger partial charge in [-0.15, -0.1) is 0 Å². The summed E-state index contributed by atoms with van der Waals surface area (Å²) in [5.41, 5.74) is 0.774. The Hall–Kier alpha value is -2.44. The van der Waals surface area contributed by atoms with E-state index in [2.05, 4.69) is 0 Å². The average Bonchev–Trinajstić information content (AvgIpc) is 2.65. The van der Waals surface area contributed by atoms with Gasteiger partial charge >= 0.3 is 0 Å². The van der Waals surface area contributed by atoms with Crippen LogP contribution in [-0.4, -0.2) is 43.8 Å². The van der Waals surface area contributed by atoms with Crippen molar-refractivity contribution < 1.29 is 29.2 Å². The summed E-state index contributed by atoms with van der Waals surface area (Å²) in [5, 5.41) is 21.9. The molecule has 1 heterocycles. The van der Waals surface area contributed by atoms with Gasteiger partial charge in [-0.05, 0) is 36.2 Å². The first-order chi connectivity index (χ1) is 12.4. The highest BCUT2D eigenvalue weighted by Gasteiger charge is 2.43. The van der Waals surface area contributed by atoms with Crippen LogP contribution in [0.3, 0.4) is 0 Å². The first-order valence-electron chi connectivity index (χ1n) is 8.34. The molecule has 26 heavy (non-hydrogen) atoms. The molecule has 0 aromatic heterocycles. The molecule has 3 rings (SSSR count). The third-order valence-corrected chi connectivity index (χ3v) is 4.77. The van der Waals surface area contributed by atoms with E-state index in [4.69, 9.17) is 18.9 Å². The number of methoxy groups -OCH3 is 3. The number of ether oxygens (including phenoxy) is 4. The maximum Gasteiger partial charge on any atom is 0.160 e. The summed E-state index contributed by atoms with van der Waals surface area (Å²) < 4.78 is 21.6. The minimum absolute atomic E-state index is 0.0261. The fraction of sp³-hybridized carbons (Fsp3) is 0.400. The van der Waals surface area contributed by atoms with Gasteiger partial charge < -0.3 is 29.2 Å². The molecule has 2 aromatic rings. The van der Waals surface area contributed by atoms with E-state index in [1.165, 1.54) is 0 Å². The van der Waals surface area contributed by atoms with Gasteiger partial charge in [-0.2, -0.15) is 0 Å². The molecule has 2 atom stereocenters. The van der Waals surface area contributed by atoms with E-state index in [9.17, 15) is 10.2 Å². The highest BCUT2D eigenvalue weighted by atomic mass is 16.5. The molecule has 2 unspecified atom stereocenters. The molecule has 2 N–H and O–H groups in total. The molecule has 1 aliphatic rings. The molecule has 6 heteroatoms. The third-order valence-electron chi connectivity index (χ3n) is 4.77. The van der Waals surface area contributed by atoms with Gasteiger partial charge in [0, 0.05) is 18.1 Å². The molecule has 2 aromatic carbocycles. The van der Waals surface area contributed by atoms with Gasteiger partial charge in [0.15, 0.2) is 11.5 Å². The number of benzene rings is 2. The summed E-state index contributed by atoms with van der Waals surface area (Å²) in [4.78, 5) is 0. The Balaban J connectivity index is 1.90. The van der Waals surface area contributed by atoms with Gasteiger partial charge in [0.1, 0.15) is 29.8 Å². The molecule has 140 valence electrons. The van der Waals surface area contributed by atoms with E-state index < -0.39 is 11.7 Å². The lowest BCUT2D eigenvalue weighted by molar-refractivity contribution is -0.114. The van der Waals surface area contributed by atoms with E-state index in [-0.39, 0.29) is 13.0 Å². The summed E-state index contributed by atoms with van der Waals surface area (Å²) in [6, 6.07) is 8.93. The number of aliphatic hydroxyl groups is 2. The number of aliphatic hydroxyl groups excluding tert-OH is 1. The van der Waals surface area contributed by atoms with E-state index in [1.807, 2.05) is 13.0 Å². The van der Waals surface area contributed by atoms with Crippen molar-refractivity contribution in [3.05, 3.63) is 47.0 Å². The quantitative estimate of drug-likeness (QED) is 0.853. The van der Waals surface area contributed by atoms with E-state index in [0.717, 1.165) is 11.1 Å². The highest BCUT2D eigenvalue weighted by molar-refractivity contribution is 5.49. The average molecular weight is 360 g/mol. The van der Waals surface area contributed by atoms with Crippen LogP contribution in [0.5, 0.6) is 23.0 Å². The molecule has 0 saturated heterocycles. The standard InChI is InChI=1S/C20H24O6/c1-12-7-14-17(9-16(12)24-3)26-11-20(22,19(14)21)10-13-5-6-15(23-2)18(8-13)25-4/h5-9,19,21-22H,10-11H2,1-4H3. The molecule has 0 amide bonds. The number of rotatable bonds is 5. The van der Waals surface area contributed by atoms with Crippen molar-refractivity contribution in [3.63, 3.8) is 0 Å². The van der Waals surface area contributed by atoms with Crippen LogP contribution >= 0.6 is 0 Å². The van der Waals surface area contributed by atoms with Gasteiger partial charge in [0.05, 0.1) is 21.3 Å². The van der Waals surface area contributed by atoms with Crippen molar-refractivity contribution in [2.75, 3.05) is 27.9 Å². The fourth-order valence-electron chi connectivity index (χ4n) is 3.31. The van der Waals surface area contributed by atoms with E-state index in [1.54, 1.807) is 45.6 Å². The van der Waals surface area contributed by atoms with Crippen molar-refractivity contribution in [1.82, 2.24) is 0 Å². The van der Waals surface area contributed by atoms with Crippen LogP contribution in [0, 0.1) is 6.92 Å². The van der Waals surface area contributed by atoms with Crippen LogP contribution in [0.4, 0.5) is 0 Å². The first-order valence-corrected chi connectivity index (χ1v) is 8.34. The van der Waals surface area contributed by atoms with Crippen molar-refractivity contribution in [2.45, 2.75) is 25.0 Å². The van der Waals surface area contributed by atoms with Gasteiger partial charge in [0.2, 0.25) is 0 Å². The predicted octanol–water partition coefficient (Wildman–Crippen LogP) is 2.42. The zero-order chi connectivity index (χ0) is 18.9. The van der Waals surface area contributed by atoms with Crippen molar-refractivity contribution in [1.29, 1.82) is 0 Å². The summed E-state index contributed by atoms with van der Waals surface area (Å²) in [7, 11) is 4.71. The number of hydrogen-bond donors (Lipinski definition) is 2. The molecule has 0 aliphatic carbocycles. The minimum atomic E-state index is -1.45. The maximum atomic E-state index is 11.1. The van der Waals surface area contributed by atoms with Gasteiger partial charge in [-0.3, -0.25) is 0 Å². The second-order valence-corrected chi connectivity index (χ2v) is 6.52. The van der Waals surface area contributed by atoms with Crippen molar-refractivity contribution in [2.24, 2.45) is 0 Å². The zero-order valence-electron chi connectivity index (χ0n) is 15.4. The SMILES string of the molecule is COc1cc2c(cc1C)C(O)C(O)(Cc1ccc(OC)c(OC)c1)CO2. The normalized spacial score (nSPS) is 21.5. The zero-order valence-corrected chi connectivity index (χ0v) is 15.4. The van der Waals surface area contributed by atoms with Crippen LogP contribution in [-0.2, 0) is 6.42 Å². The molecule has 0 spiro atoms. The fourth-order valence-corrected chi connectivity index (χ4v) is 3.31. The van der Waals surface area contributed by atoms with Crippen molar-refractivity contribution >= 4 is 0 Å². The lowest BCUT2D eigenvalue weighted by Crippen LogP contribution is -2.47. The maximum absolute atomic E-state index is 11.1.